The highest BCUT2D eigenvalue weighted by Crippen LogP contribution is 2.40. The van der Waals surface area contributed by atoms with Crippen molar-refractivity contribution in [3.63, 3.8) is 0 Å². The normalized spacial score (nSPS) is 21.1. The summed E-state index contributed by atoms with van der Waals surface area (Å²) < 4.78 is 1.13. The second-order valence-corrected chi connectivity index (χ2v) is 7.87. The van der Waals surface area contributed by atoms with E-state index in [1.165, 1.54) is 43.2 Å². The highest BCUT2D eigenvalue weighted by Gasteiger charge is 2.36. The van der Waals surface area contributed by atoms with E-state index < -0.39 is 0 Å². The van der Waals surface area contributed by atoms with Crippen LogP contribution in [-0.4, -0.2) is 16.5 Å². The second-order valence-electron chi connectivity index (χ2n) is 6.05. The Morgan fingerprint density at radius 1 is 1.20 bits per heavy atom. The number of anilines is 1. The van der Waals surface area contributed by atoms with Crippen LogP contribution in [0.1, 0.15) is 43.2 Å². The zero-order chi connectivity index (χ0) is 14.2. The Balaban J connectivity index is 1.80. The number of aliphatic imine (C=N–C) groups is 1. The van der Waals surface area contributed by atoms with Gasteiger partial charge in [-0.25, -0.2) is 0 Å². The molecule has 108 valence electrons. The van der Waals surface area contributed by atoms with Gasteiger partial charge in [-0.3, -0.25) is 4.99 Å². The largest absolute Gasteiger partial charge is 0.334 e. The molecule has 20 heavy (non-hydrogen) atoms. The zero-order valence-electron chi connectivity index (χ0n) is 12.1. The average molecular weight is 353 g/mol. The molecule has 1 aromatic carbocycles. The molecule has 0 aromatic heterocycles. The Hall–Kier alpha value is -0.480. The van der Waals surface area contributed by atoms with E-state index in [0.29, 0.717) is 0 Å². The lowest BCUT2D eigenvalue weighted by Gasteiger charge is -2.29. The molecule has 0 atom stereocenters. The van der Waals surface area contributed by atoms with Crippen LogP contribution in [0.15, 0.2) is 21.6 Å². The molecule has 1 spiro atoms. The van der Waals surface area contributed by atoms with Crippen molar-refractivity contribution in [3.05, 3.63) is 27.7 Å². The summed E-state index contributed by atoms with van der Waals surface area (Å²) in [5.74, 6) is 1.15. The number of amidine groups is 1. The molecule has 0 saturated heterocycles. The molecule has 0 radical (unpaired) electrons. The standard InChI is InChI=1S/C16H21BrN2S/c1-11-8-12(2)14(13(17)9-11)18-15-19-16(10-20-15)6-4-3-5-7-16/h8-9H,3-7,10H2,1-2H3,(H,18,19). The van der Waals surface area contributed by atoms with Gasteiger partial charge in [0.15, 0.2) is 5.17 Å². The van der Waals surface area contributed by atoms with E-state index in [9.17, 15) is 0 Å². The SMILES string of the molecule is Cc1cc(C)c(NC2=NC3(CCCCC3)CS2)c(Br)c1. The number of aryl methyl sites for hydroxylation is 2. The van der Waals surface area contributed by atoms with Gasteiger partial charge < -0.3 is 5.32 Å². The first-order chi connectivity index (χ1) is 9.58. The first-order valence-electron chi connectivity index (χ1n) is 7.34. The van der Waals surface area contributed by atoms with Gasteiger partial charge in [-0.2, -0.15) is 0 Å². The highest BCUT2D eigenvalue weighted by atomic mass is 79.9. The van der Waals surface area contributed by atoms with Gasteiger partial charge in [0.25, 0.3) is 0 Å². The van der Waals surface area contributed by atoms with E-state index in [1.807, 2.05) is 11.8 Å². The number of hydrogen-bond donors (Lipinski definition) is 1. The summed E-state index contributed by atoms with van der Waals surface area (Å²) in [6.07, 6.45) is 6.58. The summed E-state index contributed by atoms with van der Waals surface area (Å²) in [5, 5.41) is 4.64. The minimum atomic E-state index is 0.232. The molecule has 4 heteroatoms. The molecule has 0 amide bonds. The number of benzene rings is 1. The Morgan fingerprint density at radius 2 is 1.95 bits per heavy atom. The van der Waals surface area contributed by atoms with Gasteiger partial charge in [0.05, 0.1) is 11.2 Å². The lowest BCUT2D eigenvalue weighted by atomic mass is 9.84. The Labute approximate surface area is 134 Å². The molecule has 3 rings (SSSR count). The molecule has 1 aliphatic heterocycles. The van der Waals surface area contributed by atoms with Crippen LogP contribution in [-0.2, 0) is 0 Å². The van der Waals surface area contributed by atoms with Crippen molar-refractivity contribution in [1.29, 1.82) is 0 Å². The Morgan fingerprint density at radius 3 is 2.65 bits per heavy atom. The average Bonchev–Trinajstić information content (AvgIpc) is 2.77. The molecular formula is C16H21BrN2S. The molecule has 1 aliphatic carbocycles. The number of rotatable bonds is 1. The van der Waals surface area contributed by atoms with E-state index >= 15 is 0 Å². The summed E-state index contributed by atoms with van der Waals surface area (Å²) in [6.45, 7) is 4.27. The van der Waals surface area contributed by atoms with Crippen molar-refractivity contribution in [2.75, 3.05) is 11.1 Å². The predicted molar refractivity (Wildman–Crippen MR) is 92.9 cm³/mol. The maximum absolute atomic E-state index is 5.03. The van der Waals surface area contributed by atoms with Crippen LogP contribution in [0, 0.1) is 13.8 Å². The fourth-order valence-corrected chi connectivity index (χ4v) is 5.16. The summed E-state index contributed by atoms with van der Waals surface area (Å²) >= 11 is 5.55. The van der Waals surface area contributed by atoms with Gasteiger partial charge in [-0.1, -0.05) is 37.1 Å². The monoisotopic (exact) mass is 352 g/mol. The van der Waals surface area contributed by atoms with Gasteiger partial charge in [-0.05, 0) is 59.8 Å². The van der Waals surface area contributed by atoms with Gasteiger partial charge in [0, 0.05) is 10.2 Å². The number of thioether (sulfide) groups is 1. The van der Waals surface area contributed by atoms with Crippen LogP contribution < -0.4 is 5.32 Å². The Kier molecular flexibility index (Phi) is 4.14. The lowest BCUT2D eigenvalue weighted by molar-refractivity contribution is 0.335. The highest BCUT2D eigenvalue weighted by molar-refractivity contribution is 9.10. The fraction of sp³-hybridized carbons (Fsp3) is 0.562. The van der Waals surface area contributed by atoms with Gasteiger partial charge in [0.1, 0.15) is 0 Å². The van der Waals surface area contributed by atoms with Crippen LogP contribution in [0.4, 0.5) is 5.69 Å². The van der Waals surface area contributed by atoms with Crippen molar-refractivity contribution in [1.82, 2.24) is 0 Å². The molecule has 1 N–H and O–H groups in total. The van der Waals surface area contributed by atoms with Crippen LogP contribution in [0.3, 0.4) is 0 Å². The predicted octanol–water partition coefficient (Wildman–Crippen LogP) is 5.28. The van der Waals surface area contributed by atoms with E-state index in [2.05, 4.69) is 47.2 Å². The summed E-state index contributed by atoms with van der Waals surface area (Å²) in [4.78, 5) is 5.03. The lowest BCUT2D eigenvalue weighted by Crippen LogP contribution is -2.29. The molecule has 0 unspecified atom stereocenters. The van der Waals surface area contributed by atoms with Crippen LogP contribution in [0.2, 0.25) is 0 Å². The van der Waals surface area contributed by atoms with E-state index in [-0.39, 0.29) is 5.54 Å². The third-order valence-corrected chi connectivity index (χ3v) is 6.04. The van der Waals surface area contributed by atoms with E-state index in [1.54, 1.807) is 0 Å². The number of hydrogen-bond acceptors (Lipinski definition) is 3. The van der Waals surface area contributed by atoms with Crippen molar-refractivity contribution in [2.45, 2.75) is 51.5 Å². The van der Waals surface area contributed by atoms with Crippen molar-refractivity contribution < 1.29 is 0 Å². The number of nitrogens with zero attached hydrogens (tertiary/aromatic N) is 1. The maximum atomic E-state index is 5.03. The first-order valence-corrected chi connectivity index (χ1v) is 9.12. The topological polar surface area (TPSA) is 24.4 Å². The number of nitrogens with one attached hydrogen (secondary N) is 1. The molecular weight excluding hydrogens is 332 g/mol. The summed E-state index contributed by atoms with van der Waals surface area (Å²) in [5.41, 5.74) is 3.94. The number of halogens is 1. The van der Waals surface area contributed by atoms with Crippen molar-refractivity contribution in [3.8, 4) is 0 Å². The second kappa shape index (κ2) is 5.72. The quantitative estimate of drug-likeness (QED) is 0.742. The smallest absolute Gasteiger partial charge is 0.161 e. The Bertz CT molecular complexity index is 524. The van der Waals surface area contributed by atoms with Crippen LogP contribution in [0.25, 0.3) is 0 Å². The molecule has 2 nitrogen and oxygen atoms in total. The summed E-state index contributed by atoms with van der Waals surface area (Å²) in [6, 6.07) is 4.37. The molecule has 0 bridgehead atoms. The van der Waals surface area contributed by atoms with Crippen LogP contribution >= 0.6 is 27.7 Å². The first kappa shape index (κ1) is 14.5. The van der Waals surface area contributed by atoms with Crippen molar-refractivity contribution in [2.24, 2.45) is 4.99 Å². The fourth-order valence-electron chi connectivity index (χ4n) is 3.19. The minimum Gasteiger partial charge on any atom is -0.334 e. The molecule has 1 heterocycles. The minimum absolute atomic E-state index is 0.232. The zero-order valence-corrected chi connectivity index (χ0v) is 14.5. The third-order valence-electron chi connectivity index (χ3n) is 4.26. The van der Waals surface area contributed by atoms with Gasteiger partial charge in [-0.15, -0.1) is 0 Å². The molecule has 2 aliphatic rings. The van der Waals surface area contributed by atoms with Gasteiger partial charge in [0.2, 0.25) is 0 Å². The van der Waals surface area contributed by atoms with E-state index in [0.717, 1.165) is 21.1 Å². The molecule has 1 saturated carbocycles. The van der Waals surface area contributed by atoms with Crippen LogP contribution in [0.5, 0.6) is 0 Å². The molecule has 1 aromatic rings. The van der Waals surface area contributed by atoms with E-state index in [4.69, 9.17) is 4.99 Å². The molecule has 1 fully saturated rings. The third kappa shape index (κ3) is 2.91. The van der Waals surface area contributed by atoms with Crippen molar-refractivity contribution >= 4 is 38.5 Å². The summed E-state index contributed by atoms with van der Waals surface area (Å²) in [7, 11) is 0. The van der Waals surface area contributed by atoms with Gasteiger partial charge >= 0.3 is 0 Å². The maximum Gasteiger partial charge on any atom is 0.161 e.